The van der Waals surface area contributed by atoms with E-state index >= 15 is 0 Å². The van der Waals surface area contributed by atoms with Crippen LogP contribution in [0.15, 0.2) is 0 Å². The Bertz CT molecular complexity index is 667. The summed E-state index contributed by atoms with van der Waals surface area (Å²) in [6, 6.07) is -3.34. The number of amides is 4. The molecule has 0 bridgehead atoms. The topological polar surface area (TPSA) is 191 Å². The SMILES string of the molecule is CC(C)[C@H](NC(=O)[C@@H]1CCCN1C(=O)[C@@H](NC(=O)CNC(=O)CN)[C@@H](C)O)C(=O)O. The molecule has 1 aliphatic rings. The molecule has 0 radical (unpaired) electrons. The maximum Gasteiger partial charge on any atom is 0.326 e. The Morgan fingerprint density at radius 2 is 1.70 bits per heavy atom. The largest absolute Gasteiger partial charge is 0.480 e. The highest BCUT2D eigenvalue weighted by Gasteiger charge is 2.40. The first-order valence-electron chi connectivity index (χ1n) is 9.77. The molecule has 7 N–H and O–H groups in total. The summed E-state index contributed by atoms with van der Waals surface area (Å²) >= 11 is 0. The van der Waals surface area contributed by atoms with Crippen LogP contribution in [-0.2, 0) is 24.0 Å². The van der Waals surface area contributed by atoms with Gasteiger partial charge in [0, 0.05) is 6.54 Å². The van der Waals surface area contributed by atoms with E-state index in [4.69, 9.17) is 5.73 Å². The third kappa shape index (κ3) is 6.95. The number of aliphatic carboxylic acids is 1. The zero-order chi connectivity index (χ0) is 23.0. The van der Waals surface area contributed by atoms with Gasteiger partial charge < -0.3 is 36.8 Å². The number of hydrogen-bond acceptors (Lipinski definition) is 7. The van der Waals surface area contributed by atoms with Crippen LogP contribution in [0.3, 0.4) is 0 Å². The summed E-state index contributed by atoms with van der Waals surface area (Å²) in [6.45, 7) is 4.11. The fraction of sp³-hybridized carbons (Fsp3) is 0.722. The Morgan fingerprint density at radius 3 is 2.20 bits per heavy atom. The first-order valence-corrected chi connectivity index (χ1v) is 9.77. The summed E-state index contributed by atoms with van der Waals surface area (Å²) in [7, 11) is 0. The minimum absolute atomic E-state index is 0.222. The molecular formula is C18H31N5O7. The van der Waals surface area contributed by atoms with Crippen LogP contribution >= 0.6 is 0 Å². The smallest absolute Gasteiger partial charge is 0.326 e. The van der Waals surface area contributed by atoms with Crippen molar-refractivity contribution in [1.82, 2.24) is 20.9 Å². The molecule has 30 heavy (non-hydrogen) atoms. The number of rotatable bonds is 10. The lowest BCUT2D eigenvalue weighted by molar-refractivity contribution is -0.146. The van der Waals surface area contributed by atoms with Gasteiger partial charge in [0.2, 0.25) is 23.6 Å². The quantitative estimate of drug-likeness (QED) is 0.214. The predicted molar refractivity (Wildman–Crippen MR) is 105 cm³/mol. The van der Waals surface area contributed by atoms with Crippen molar-refractivity contribution in [2.75, 3.05) is 19.6 Å². The van der Waals surface area contributed by atoms with Gasteiger partial charge in [0.15, 0.2) is 0 Å². The number of likely N-dealkylation sites (tertiary alicyclic amines) is 1. The Morgan fingerprint density at radius 1 is 1.07 bits per heavy atom. The van der Waals surface area contributed by atoms with Crippen molar-refractivity contribution in [1.29, 1.82) is 0 Å². The van der Waals surface area contributed by atoms with Gasteiger partial charge in [-0.3, -0.25) is 19.2 Å². The second-order valence-corrected chi connectivity index (χ2v) is 7.52. The highest BCUT2D eigenvalue weighted by molar-refractivity contribution is 5.95. The van der Waals surface area contributed by atoms with E-state index in [0.717, 1.165) is 0 Å². The van der Waals surface area contributed by atoms with Gasteiger partial charge in [-0.1, -0.05) is 13.8 Å². The monoisotopic (exact) mass is 429 g/mol. The van der Waals surface area contributed by atoms with Gasteiger partial charge in [0.05, 0.1) is 19.2 Å². The van der Waals surface area contributed by atoms with Crippen molar-refractivity contribution < 1.29 is 34.2 Å². The minimum atomic E-state index is -1.33. The molecule has 1 aliphatic heterocycles. The van der Waals surface area contributed by atoms with E-state index in [1.807, 2.05) is 0 Å². The number of aliphatic hydroxyl groups excluding tert-OH is 1. The number of carbonyl (C=O) groups is 5. The van der Waals surface area contributed by atoms with Gasteiger partial charge in [-0.25, -0.2) is 4.79 Å². The van der Waals surface area contributed by atoms with Crippen LogP contribution < -0.4 is 21.7 Å². The first kappa shape index (κ1) is 25.3. The number of nitrogens with one attached hydrogen (secondary N) is 3. The zero-order valence-corrected chi connectivity index (χ0v) is 17.4. The molecule has 0 aliphatic carbocycles. The predicted octanol–water partition coefficient (Wildman–Crippen LogP) is -2.86. The molecule has 1 rings (SSSR count). The number of nitrogens with zero attached hydrogens (tertiary/aromatic N) is 1. The van der Waals surface area contributed by atoms with E-state index < -0.39 is 60.4 Å². The van der Waals surface area contributed by atoms with Gasteiger partial charge in [0.25, 0.3) is 0 Å². The highest BCUT2D eigenvalue weighted by Crippen LogP contribution is 2.20. The van der Waals surface area contributed by atoms with Gasteiger partial charge in [-0.15, -0.1) is 0 Å². The Hall–Kier alpha value is -2.73. The normalized spacial score (nSPS) is 19.0. The molecule has 0 aromatic rings. The Balaban J connectivity index is 2.85. The van der Waals surface area contributed by atoms with Crippen LogP contribution in [0.1, 0.15) is 33.6 Å². The summed E-state index contributed by atoms with van der Waals surface area (Å²) in [5.41, 5.74) is 5.13. The number of carboxylic acid groups (broad SMARTS) is 1. The van der Waals surface area contributed by atoms with Crippen LogP contribution in [-0.4, -0.2) is 88.6 Å². The second kappa shape index (κ2) is 11.5. The number of carbonyl (C=O) groups excluding carboxylic acids is 4. The molecule has 0 aromatic carbocycles. The molecule has 4 atom stereocenters. The third-order valence-electron chi connectivity index (χ3n) is 4.77. The maximum atomic E-state index is 12.9. The summed E-state index contributed by atoms with van der Waals surface area (Å²) in [5, 5.41) is 26.3. The van der Waals surface area contributed by atoms with E-state index in [1.165, 1.54) is 11.8 Å². The van der Waals surface area contributed by atoms with E-state index in [-0.39, 0.29) is 19.0 Å². The molecule has 170 valence electrons. The van der Waals surface area contributed by atoms with Crippen molar-refractivity contribution >= 4 is 29.6 Å². The third-order valence-corrected chi connectivity index (χ3v) is 4.77. The number of carboxylic acids is 1. The molecule has 1 saturated heterocycles. The lowest BCUT2D eigenvalue weighted by Crippen LogP contribution is -2.59. The van der Waals surface area contributed by atoms with Crippen LogP contribution in [0.2, 0.25) is 0 Å². The maximum absolute atomic E-state index is 12.9. The molecule has 0 saturated carbocycles. The van der Waals surface area contributed by atoms with Gasteiger partial charge >= 0.3 is 5.97 Å². The number of hydrogen-bond donors (Lipinski definition) is 6. The van der Waals surface area contributed by atoms with Crippen LogP contribution in [0.4, 0.5) is 0 Å². The van der Waals surface area contributed by atoms with Gasteiger partial charge in [-0.05, 0) is 25.7 Å². The molecule has 0 unspecified atom stereocenters. The van der Waals surface area contributed by atoms with Crippen LogP contribution in [0.5, 0.6) is 0 Å². The molecule has 12 nitrogen and oxygen atoms in total. The second-order valence-electron chi connectivity index (χ2n) is 7.52. The fourth-order valence-corrected chi connectivity index (χ4v) is 3.11. The lowest BCUT2D eigenvalue weighted by atomic mass is 10.0. The van der Waals surface area contributed by atoms with Crippen LogP contribution in [0, 0.1) is 5.92 Å². The average Bonchev–Trinajstić information content (AvgIpc) is 3.16. The van der Waals surface area contributed by atoms with Gasteiger partial charge in [-0.2, -0.15) is 0 Å². The molecule has 0 aromatic heterocycles. The highest BCUT2D eigenvalue weighted by atomic mass is 16.4. The van der Waals surface area contributed by atoms with Crippen molar-refractivity contribution in [3.8, 4) is 0 Å². The summed E-state index contributed by atoms with van der Waals surface area (Å²) < 4.78 is 0. The fourth-order valence-electron chi connectivity index (χ4n) is 3.11. The minimum Gasteiger partial charge on any atom is -0.480 e. The molecule has 4 amide bonds. The Kier molecular flexibility index (Phi) is 9.66. The first-order chi connectivity index (χ1) is 14.0. The molecule has 0 spiro atoms. The van der Waals surface area contributed by atoms with Crippen molar-refractivity contribution in [3.05, 3.63) is 0 Å². The zero-order valence-electron chi connectivity index (χ0n) is 17.4. The van der Waals surface area contributed by atoms with Crippen molar-refractivity contribution in [2.45, 2.75) is 57.8 Å². The van der Waals surface area contributed by atoms with E-state index in [2.05, 4.69) is 16.0 Å². The van der Waals surface area contributed by atoms with Crippen LogP contribution in [0.25, 0.3) is 0 Å². The van der Waals surface area contributed by atoms with E-state index in [1.54, 1.807) is 13.8 Å². The van der Waals surface area contributed by atoms with Crippen molar-refractivity contribution in [2.24, 2.45) is 11.7 Å². The average molecular weight is 429 g/mol. The molecule has 1 fully saturated rings. The Labute approximate surface area is 174 Å². The molecule has 12 heteroatoms. The molecular weight excluding hydrogens is 398 g/mol. The standard InChI is InChI=1S/C18H31N5O7/c1-9(2)14(18(29)30)22-16(27)11-5-4-6-23(11)17(28)15(10(3)24)21-13(26)8-20-12(25)7-19/h9-11,14-15,24H,4-8,19H2,1-3H3,(H,20,25)(H,21,26)(H,22,27)(H,29,30)/t10-,11+,14+,15+/m1/s1. The summed E-state index contributed by atoms with van der Waals surface area (Å²) in [4.78, 5) is 61.3. The number of nitrogens with two attached hydrogens (primary N) is 1. The number of aliphatic hydroxyl groups is 1. The van der Waals surface area contributed by atoms with Crippen molar-refractivity contribution in [3.63, 3.8) is 0 Å². The lowest BCUT2D eigenvalue weighted by Gasteiger charge is -2.31. The van der Waals surface area contributed by atoms with E-state index in [9.17, 15) is 34.2 Å². The van der Waals surface area contributed by atoms with E-state index in [0.29, 0.717) is 12.8 Å². The molecule has 1 heterocycles. The summed E-state index contributed by atoms with van der Waals surface area (Å²) in [5.74, 6) is -4.07. The summed E-state index contributed by atoms with van der Waals surface area (Å²) in [6.07, 6.45) is -0.427. The van der Waals surface area contributed by atoms with Gasteiger partial charge in [0.1, 0.15) is 18.1 Å².